The van der Waals surface area contributed by atoms with Crippen molar-refractivity contribution >= 4 is 0 Å². The molecular formula is C13H21N3O. The largest absolute Gasteiger partial charge is 0.378 e. The van der Waals surface area contributed by atoms with Gasteiger partial charge in [0, 0.05) is 37.8 Å². The van der Waals surface area contributed by atoms with Crippen LogP contribution in [0.5, 0.6) is 0 Å². The van der Waals surface area contributed by atoms with Gasteiger partial charge >= 0.3 is 0 Å². The van der Waals surface area contributed by atoms with Gasteiger partial charge in [0.2, 0.25) is 0 Å². The smallest absolute Gasteiger partial charge is 0.0909 e. The van der Waals surface area contributed by atoms with Crippen LogP contribution in [-0.4, -0.2) is 60.8 Å². The van der Waals surface area contributed by atoms with Gasteiger partial charge in [0.25, 0.3) is 0 Å². The number of nitrogens with zero attached hydrogens (tertiary/aromatic N) is 3. The second-order valence-electron chi connectivity index (χ2n) is 5.33. The number of hydrogen-bond acceptors (Lipinski definition) is 4. The molecule has 0 unspecified atom stereocenters. The summed E-state index contributed by atoms with van der Waals surface area (Å²) in [6.07, 6.45) is 3.58. The Balaban J connectivity index is 1.85. The van der Waals surface area contributed by atoms with Crippen molar-refractivity contribution in [2.75, 3.05) is 39.4 Å². The van der Waals surface area contributed by atoms with Crippen molar-refractivity contribution in [1.82, 2.24) is 9.80 Å². The number of hydrogen-bond donors (Lipinski definition) is 0. The third kappa shape index (κ3) is 2.86. The molecule has 4 heteroatoms. The normalized spacial score (nSPS) is 24.8. The van der Waals surface area contributed by atoms with Crippen LogP contribution in [0.4, 0.5) is 0 Å². The summed E-state index contributed by atoms with van der Waals surface area (Å²) in [5.74, 6) is 0. The highest BCUT2D eigenvalue weighted by Gasteiger charge is 2.32. The molecule has 2 aliphatic heterocycles. The Hall–Kier alpha value is -0.890. The Labute approximate surface area is 103 Å². The zero-order valence-corrected chi connectivity index (χ0v) is 10.7. The SMILES string of the molecule is CC(C)(/C=C\C#N)N1CCN(C2COC2)CC1. The van der Waals surface area contributed by atoms with E-state index in [1.807, 2.05) is 6.08 Å². The van der Waals surface area contributed by atoms with E-state index in [-0.39, 0.29) is 5.54 Å². The van der Waals surface area contributed by atoms with Crippen LogP contribution in [0.3, 0.4) is 0 Å². The van der Waals surface area contributed by atoms with Crippen molar-refractivity contribution in [2.24, 2.45) is 0 Å². The van der Waals surface area contributed by atoms with Gasteiger partial charge in [-0.25, -0.2) is 0 Å². The van der Waals surface area contributed by atoms with Gasteiger partial charge in [-0.3, -0.25) is 9.80 Å². The highest BCUT2D eigenvalue weighted by atomic mass is 16.5. The van der Waals surface area contributed by atoms with Gasteiger partial charge in [0.15, 0.2) is 0 Å². The lowest BCUT2D eigenvalue weighted by Crippen LogP contribution is -2.59. The number of allylic oxidation sites excluding steroid dienone is 1. The second-order valence-corrected chi connectivity index (χ2v) is 5.33. The van der Waals surface area contributed by atoms with Gasteiger partial charge in [-0.05, 0) is 13.8 Å². The lowest BCUT2D eigenvalue weighted by atomic mass is 10.0. The summed E-state index contributed by atoms with van der Waals surface area (Å²) in [5.41, 5.74) is -0.0159. The van der Waals surface area contributed by atoms with Gasteiger partial charge in [-0.15, -0.1) is 0 Å². The first-order valence-electron chi connectivity index (χ1n) is 6.27. The predicted molar refractivity (Wildman–Crippen MR) is 66.6 cm³/mol. The molecule has 17 heavy (non-hydrogen) atoms. The van der Waals surface area contributed by atoms with E-state index < -0.39 is 0 Å². The highest BCUT2D eigenvalue weighted by Crippen LogP contribution is 2.20. The molecule has 2 saturated heterocycles. The van der Waals surface area contributed by atoms with Crippen molar-refractivity contribution in [2.45, 2.75) is 25.4 Å². The van der Waals surface area contributed by atoms with Crippen molar-refractivity contribution in [3.63, 3.8) is 0 Å². The second kappa shape index (κ2) is 5.18. The molecule has 0 radical (unpaired) electrons. The van der Waals surface area contributed by atoms with E-state index in [1.165, 1.54) is 0 Å². The minimum atomic E-state index is -0.0159. The number of rotatable bonds is 3. The maximum atomic E-state index is 8.60. The molecule has 0 bridgehead atoms. The van der Waals surface area contributed by atoms with Crippen molar-refractivity contribution in [1.29, 1.82) is 5.26 Å². The monoisotopic (exact) mass is 235 g/mol. The quantitative estimate of drug-likeness (QED) is 0.680. The first-order valence-corrected chi connectivity index (χ1v) is 6.27. The van der Waals surface area contributed by atoms with Crippen LogP contribution in [0.1, 0.15) is 13.8 Å². The summed E-state index contributed by atoms with van der Waals surface area (Å²) in [6, 6.07) is 2.72. The zero-order valence-electron chi connectivity index (χ0n) is 10.7. The minimum Gasteiger partial charge on any atom is -0.378 e. The molecule has 2 aliphatic rings. The van der Waals surface area contributed by atoms with E-state index in [9.17, 15) is 0 Å². The van der Waals surface area contributed by atoms with Crippen LogP contribution in [0.25, 0.3) is 0 Å². The van der Waals surface area contributed by atoms with E-state index in [2.05, 4.69) is 29.7 Å². The molecule has 4 nitrogen and oxygen atoms in total. The maximum Gasteiger partial charge on any atom is 0.0909 e. The molecular weight excluding hydrogens is 214 g/mol. The van der Waals surface area contributed by atoms with Crippen LogP contribution >= 0.6 is 0 Å². The Kier molecular flexibility index (Phi) is 3.82. The molecule has 0 aliphatic carbocycles. The van der Waals surface area contributed by atoms with E-state index in [0.717, 1.165) is 39.4 Å². The first-order chi connectivity index (χ1) is 8.13. The fourth-order valence-corrected chi connectivity index (χ4v) is 2.44. The minimum absolute atomic E-state index is 0.0159. The maximum absolute atomic E-state index is 8.60. The summed E-state index contributed by atoms with van der Waals surface area (Å²) in [5, 5.41) is 8.60. The summed E-state index contributed by atoms with van der Waals surface area (Å²) in [4.78, 5) is 4.96. The zero-order chi connectivity index (χ0) is 12.3. The molecule has 0 N–H and O–H groups in total. The Morgan fingerprint density at radius 1 is 1.24 bits per heavy atom. The van der Waals surface area contributed by atoms with Crippen molar-refractivity contribution < 1.29 is 4.74 Å². The van der Waals surface area contributed by atoms with Crippen LogP contribution < -0.4 is 0 Å². The predicted octanol–water partition coefficient (Wildman–Crippen LogP) is 0.861. The molecule has 0 atom stereocenters. The van der Waals surface area contributed by atoms with E-state index in [0.29, 0.717) is 6.04 Å². The van der Waals surface area contributed by atoms with Gasteiger partial charge in [0.1, 0.15) is 0 Å². The molecule has 2 rings (SSSR count). The Morgan fingerprint density at radius 2 is 1.88 bits per heavy atom. The molecule has 2 fully saturated rings. The molecule has 0 saturated carbocycles. The summed E-state index contributed by atoms with van der Waals surface area (Å²) >= 11 is 0. The van der Waals surface area contributed by atoms with Gasteiger partial charge in [-0.2, -0.15) is 5.26 Å². The third-order valence-corrected chi connectivity index (χ3v) is 3.83. The van der Waals surface area contributed by atoms with E-state index >= 15 is 0 Å². The van der Waals surface area contributed by atoms with Crippen molar-refractivity contribution in [3.05, 3.63) is 12.2 Å². The van der Waals surface area contributed by atoms with Gasteiger partial charge in [0.05, 0.1) is 25.3 Å². The summed E-state index contributed by atoms with van der Waals surface area (Å²) in [7, 11) is 0. The van der Waals surface area contributed by atoms with Crippen LogP contribution in [0, 0.1) is 11.3 Å². The molecule has 0 aromatic heterocycles. The molecule has 0 amide bonds. The topological polar surface area (TPSA) is 39.5 Å². The van der Waals surface area contributed by atoms with Crippen LogP contribution in [0.15, 0.2) is 12.2 Å². The molecule has 0 aromatic rings. The number of nitriles is 1. The number of ether oxygens (including phenoxy) is 1. The summed E-state index contributed by atoms with van der Waals surface area (Å²) in [6.45, 7) is 10.5. The van der Waals surface area contributed by atoms with Crippen LogP contribution in [0.2, 0.25) is 0 Å². The first kappa shape index (κ1) is 12.6. The van der Waals surface area contributed by atoms with Crippen molar-refractivity contribution in [3.8, 4) is 6.07 Å². The lowest BCUT2D eigenvalue weighted by Gasteiger charge is -2.46. The average Bonchev–Trinajstić information content (AvgIpc) is 2.25. The average molecular weight is 235 g/mol. The molecule has 2 heterocycles. The number of piperazine rings is 1. The standard InChI is InChI=1S/C13H21N3O/c1-13(2,4-3-5-14)16-8-6-15(7-9-16)12-10-17-11-12/h3-4,12H,6-11H2,1-2H3/b4-3-. The molecule has 0 aromatic carbocycles. The molecule has 94 valence electrons. The Morgan fingerprint density at radius 3 is 2.35 bits per heavy atom. The fraction of sp³-hybridized carbons (Fsp3) is 0.769. The molecule has 0 spiro atoms. The third-order valence-electron chi connectivity index (χ3n) is 3.83. The van der Waals surface area contributed by atoms with E-state index in [1.54, 1.807) is 6.08 Å². The highest BCUT2D eigenvalue weighted by molar-refractivity contribution is 5.11. The summed E-state index contributed by atoms with van der Waals surface area (Å²) < 4.78 is 5.23. The van der Waals surface area contributed by atoms with Crippen LogP contribution in [-0.2, 0) is 4.74 Å². The van der Waals surface area contributed by atoms with Gasteiger partial charge in [-0.1, -0.05) is 6.08 Å². The fourth-order valence-electron chi connectivity index (χ4n) is 2.44. The lowest BCUT2D eigenvalue weighted by molar-refractivity contribution is -0.0816. The van der Waals surface area contributed by atoms with Gasteiger partial charge < -0.3 is 4.74 Å². The Bertz CT molecular complexity index is 320. The van der Waals surface area contributed by atoms with E-state index in [4.69, 9.17) is 10.00 Å².